The average Bonchev–Trinajstić information content (AvgIpc) is 2.51. The number of hydrogen-bond acceptors (Lipinski definition) is 3. The van der Waals surface area contributed by atoms with Gasteiger partial charge in [0.2, 0.25) is 5.91 Å². The highest BCUT2D eigenvalue weighted by atomic mass is 79.9. The van der Waals surface area contributed by atoms with Crippen LogP contribution < -0.4 is 10.6 Å². The summed E-state index contributed by atoms with van der Waals surface area (Å²) >= 11 is 5.02. The second kappa shape index (κ2) is 5.36. The van der Waals surface area contributed by atoms with Gasteiger partial charge in [-0.3, -0.25) is 4.79 Å². The van der Waals surface area contributed by atoms with Crippen LogP contribution in [0.5, 0.6) is 0 Å². The summed E-state index contributed by atoms with van der Waals surface area (Å²) in [5.41, 5.74) is 1.20. The minimum absolute atomic E-state index is 0.00861. The molecular formula is C8H11BrN2OS. The zero-order valence-corrected chi connectivity index (χ0v) is 9.67. The Labute approximate surface area is 89.7 Å². The lowest BCUT2D eigenvalue weighted by molar-refractivity contribution is -0.119. The molecule has 0 saturated carbocycles. The van der Waals surface area contributed by atoms with E-state index in [4.69, 9.17) is 0 Å². The topological polar surface area (TPSA) is 41.1 Å². The molecule has 2 N–H and O–H groups in total. The second-order valence-corrected chi connectivity index (χ2v) is 4.83. The van der Waals surface area contributed by atoms with Crippen molar-refractivity contribution in [2.45, 2.75) is 6.54 Å². The van der Waals surface area contributed by atoms with Crippen molar-refractivity contribution < 1.29 is 4.79 Å². The van der Waals surface area contributed by atoms with E-state index < -0.39 is 0 Å². The van der Waals surface area contributed by atoms with E-state index in [2.05, 4.69) is 31.9 Å². The Balaban J connectivity index is 2.24. The first kappa shape index (κ1) is 10.7. The van der Waals surface area contributed by atoms with Gasteiger partial charge in [-0.15, -0.1) is 11.3 Å². The standard InChI is InChI=1S/C8H11BrN2OS/c1-10-8(12)4-11-3-6-2-7(9)13-5-6/h2,5,11H,3-4H2,1H3,(H,10,12). The van der Waals surface area contributed by atoms with Gasteiger partial charge in [0.25, 0.3) is 0 Å². The maximum absolute atomic E-state index is 10.8. The van der Waals surface area contributed by atoms with Gasteiger partial charge in [-0.2, -0.15) is 0 Å². The molecule has 0 aliphatic carbocycles. The van der Waals surface area contributed by atoms with Crippen LogP contribution in [-0.4, -0.2) is 19.5 Å². The fraction of sp³-hybridized carbons (Fsp3) is 0.375. The van der Waals surface area contributed by atoms with Crippen molar-refractivity contribution in [2.75, 3.05) is 13.6 Å². The van der Waals surface area contributed by atoms with Crippen molar-refractivity contribution in [3.8, 4) is 0 Å². The molecule has 72 valence electrons. The molecule has 0 aliphatic heterocycles. The number of hydrogen-bond donors (Lipinski definition) is 2. The Kier molecular flexibility index (Phi) is 4.41. The third-order valence-electron chi connectivity index (χ3n) is 1.52. The lowest BCUT2D eigenvalue weighted by Gasteiger charge is -2.00. The van der Waals surface area contributed by atoms with Gasteiger partial charge in [-0.1, -0.05) is 0 Å². The Morgan fingerprint density at radius 1 is 1.69 bits per heavy atom. The molecule has 1 heterocycles. The van der Waals surface area contributed by atoms with Gasteiger partial charge in [0.15, 0.2) is 0 Å². The van der Waals surface area contributed by atoms with Gasteiger partial charge < -0.3 is 10.6 Å². The number of halogens is 1. The van der Waals surface area contributed by atoms with Crippen LogP contribution in [0.3, 0.4) is 0 Å². The maximum atomic E-state index is 10.8. The monoisotopic (exact) mass is 262 g/mol. The van der Waals surface area contributed by atoms with Crippen LogP contribution in [-0.2, 0) is 11.3 Å². The molecule has 0 fully saturated rings. The van der Waals surface area contributed by atoms with E-state index in [1.807, 2.05) is 6.07 Å². The molecule has 13 heavy (non-hydrogen) atoms. The lowest BCUT2D eigenvalue weighted by Crippen LogP contribution is -2.30. The maximum Gasteiger partial charge on any atom is 0.233 e. The van der Waals surface area contributed by atoms with E-state index in [1.54, 1.807) is 18.4 Å². The number of likely N-dealkylation sites (N-methyl/N-ethyl adjacent to an activating group) is 1. The Hall–Kier alpha value is -0.390. The quantitative estimate of drug-likeness (QED) is 0.860. The zero-order valence-electron chi connectivity index (χ0n) is 7.26. The second-order valence-electron chi connectivity index (χ2n) is 2.54. The van der Waals surface area contributed by atoms with E-state index in [0.29, 0.717) is 6.54 Å². The fourth-order valence-electron chi connectivity index (χ4n) is 0.847. The SMILES string of the molecule is CNC(=O)CNCc1csc(Br)c1. The van der Waals surface area contributed by atoms with Crippen molar-refractivity contribution in [3.05, 3.63) is 20.8 Å². The summed E-state index contributed by atoms with van der Waals surface area (Å²) in [4.78, 5) is 10.8. The van der Waals surface area contributed by atoms with E-state index in [0.717, 1.165) is 10.3 Å². The third kappa shape index (κ3) is 3.89. The van der Waals surface area contributed by atoms with Gasteiger partial charge in [-0.05, 0) is 32.9 Å². The van der Waals surface area contributed by atoms with Crippen LogP contribution in [0.1, 0.15) is 5.56 Å². The fourth-order valence-corrected chi connectivity index (χ4v) is 2.06. The predicted octanol–water partition coefficient (Wildman–Crippen LogP) is 1.35. The Bertz CT molecular complexity index is 287. The molecule has 0 atom stereocenters. The van der Waals surface area contributed by atoms with Gasteiger partial charge in [0.1, 0.15) is 0 Å². The van der Waals surface area contributed by atoms with Crippen molar-refractivity contribution in [2.24, 2.45) is 0 Å². The molecule has 0 aromatic carbocycles. The summed E-state index contributed by atoms with van der Waals surface area (Å²) < 4.78 is 1.12. The molecular weight excluding hydrogens is 252 g/mol. The molecule has 1 amide bonds. The van der Waals surface area contributed by atoms with Crippen LogP contribution >= 0.6 is 27.3 Å². The largest absolute Gasteiger partial charge is 0.358 e. The first-order valence-corrected chi connectivity index (χ1v) is 5.54. The number of amides is 1. The summed E-state index contributed by atoms with van der Waals surface area (Å²) in [5.74, 6) is 0.00861. The predicted molar refractivity (Wildman–Crippen MR) is 57.8 cm³/mol. The molecule has 0 spiro atoms. The summed E-state index contributed by atoms with van der Waals surface area (Å²) in [7, 11) is 1.63. The lowest BCUT2D eigenvalue weighted by atomic mass is 10.3. The van der Waals surface area contributed by atoms with Crippen molar-refractivity contribution in [1.29, 1.82) is 0 Å². The first-order valence-electron chi connectivity index (χ1n) is 3.86. The number of nitrogens with one attached hydrogen (secondary N) is 2. The van der Waals surface area contributed by atoms with Gasteiger partial charge in [0, 0.05) is 13.6 Å². The third-order valence-corrected chi connectivity index (χ3v) is 3.07. The molecule has 0 unspecified atom stereocenters. The molecule has 0 bridgehead atoms. The van der Waals surface area contributed by atoms with E-state index in [1.165, 1.54) is 5.56 Å². The van der Waals surface area contributed by atoms with Crippen LogP contribution in [0.4, 0.5) is 0 Å². The Morgan fingerprint density at radius 3 is 3.00 bits per heavy atom. The van der Waals surface area contributed by atoms with Gasteiger partial charge in [0.05, 0.1) is 10.3 Å². The van der Waals surface area contributed by atoms with Gasteiger partial charge >= 0.3 is 0 Å². The van der Waals surface area contributed by atoms with Crippen LogP contribution in [0, 0.1) is 0 Å². The molecule has 3 nitrogen and oxygen atoms in total. The highest BCUT2D eigenvalue weighted by molar-refractivity contribution is 9.11. The normalized spacial score (nSPS) is 10.0. The summed E-state index contributed by atoms with van der Waals surface area (Å²) in [6.07, 6.45) is 0. The molecule has 5 heteroatoms. The molecule has 0 radical (unpaired) electrons. The van der Waals surface area contributed by atoms with E-state index >= 15 is 0 Å². The highest BCUT2D eigenvalue weighted by Crippen LogP contribution is 2.20. The molecule has 0 saturated heterocycles. The average molecular weight is 263 g/mol. The van der Waals surface area contributed by atoms with Crippen molar-refractivity contribution in [3.63, 3.8) is 0 Å². The minimum atomic E-state index is 0.00861. The van der Waals surface area contributed by atoms with Crippen LogP contribution in [0.25, 0.3) is 0 Å². The summed E-state index contributed by atoms with van der Waals surface area (Å²) in [6, 6.07) is 2.04. The summed E-state index contributed by atoms with van der Waals surface area (Å²) in [6.45, 7) is 1.10. The Morgan fingerprint density at radius 2 is 2.46 bits per heavy atom. The van der Waals surface area contributed by atoms with E-state index in [-0.39, 0.29) is 5.91 Å². The minimum Gasteiger partial charge on any atom is -0.358 e. The van der Waals surface area contributed by atoms with Gasteiger partial charge in [-0.25, -0.2) is 0 Å². The van der Waals surface area contributed by atoms with E-state index in [9.17, 15) is 4.79 Å². The molecule has 1 aromatic rings. The molecule has 1 rings (SSSR count). The van der Waals surface area contributed by atoms with Crippen molar-refractivity contribution in [1.82, 2.24) is 10.6 Å². The molecule has 1 aromatic heterocycles. The summed E-state index contributed by atoms with van der Waals surface area (Å²) in [5, 5.41) is 7.64. The van der Waals surface area contributed by atoms with Crippen molar-refractivity contribution >= 4 is 33.2 Å². The smallest absolute Gasteiger partial charge is 0.233 e. The highest BCUT2D eigenvalue weighted by Gasteiger charge is 1.98. The number of carbonyl (C=O) groups excluding carboxylic acids is 1. The first-order chi connectivity index (χ1) is 6.22. The van der Waals surface area contributed by atoms with Crippen LogP contribution in [0.15, 0.2) is 15.2 Å². The number of rotatable bonds is 4. The number of thiophene rings is 1. The van der Waals surface area contributed by atoms with Crippen LogP contribution in [0.2, 0.25) is 0 Å². The zero-order chi connectivity index (χ0) is 9.68. The molecule has 0 aliphatic rings. The number of carbonyl (C=O) groups is 1.